The zero-order chi connectivity index (χ0) is 16.2. The second-order valence-electron chi connectivity index (χ2n) is 5.25. The summed E-state index contributed by atoms with van der Waals surface area (Å²) >= 11 is 0. The Morgan fingerprint density at radius 1 is 1.32 bits per heavy atom. The Labute approximate surface area is 130 Å². The molecule has 6 nitrogen and oxygen atoms in total. The lowest BCUT2D eigenvalue weighted by molar-refractivity contribution is -0.119. The van der Waals surface area contributed by atoms with Gasteiger partial charge in [-0.15, -0.1) is 0 Å². The maximum atomic E-state index is 12.8. The number of nitrogens with one attached hydrogen (secondary N) is 1. The van der Waals surface area contributed by atoms with Crippen LogP contribution in [-0.4, -0.2) is 31.3 Å². The van der Waals surface area contributed by atoms with E-state index in [1.165, 1.54) is 0 Å². The van der Waals surface area contributed by atoms with Gasteiger partial charge in [-0.3, -0.25) is 9.36 Å². The first-order valence-corrected chi connectivity index (χ1v) is 9.24. The highest BCUT2D eigenvalue weighted by molar-refractivity contribution is 7.53. The molecule has 0 saturated heterocycles. The van der Waals surface area contributed by atoms with E-state index in [0.29, 0.717) is 19.6 Å². The second-order valence-corrected chi connectivity index (χ2v) is 7.35. The average Bonchev–Trinajstić information content (AvgIpc) is 2.47. The fraction of sp³-hybridized carbons (Fsp3) is 0.533. The average molecular weight is 326 g/mol. The third kappa shape index (κ3) is 3.88. The third-order valence-electron chi connectivity index (χ3n) is 3.69. The lowest BCUT2D eigenvalue weighted by atomic mass is 9.88. The van der Waals surface area contributed by atoms with Gasteiger partial charge in [0.1, 0.15) is 6.04 Å². The molecule has 22 heavy (non-hydrogen) atoms. The van der Waals surface area contributed by atoms with E-state index in [1.54, 1.807) is 13.8 Å². The number of carbonyl (C=O) groups is 1. The molecule has 0 saturated carbocycles. The van der Waals surface area contributed by atoms with Crippen molar-refractivity contribution >= 4 is 19.2 Å². The highest BCUT2D eigenvalue weighted by atomic mass is 31.2. The first-order chi connectivity index (χ1) is 10.5. The molecule has 3 N–H and O–H groups in total. The van der Waals surface area contributed by atoms with Crippen LogP contribution in [0.1, 0.15) is 31.7 Å². The van der Waals surface area contributed by atoms with E-state index in [1.807, 2.05) is 24.3 Å². The van der Waals surface area contributed by atoms with Crippen LogP contribution in [0.3, 0.4) is 0 Å². The van der Waals surface area contributed by atoms with Crippen molar-refractivity contribution in [3.63, 3.8) is 0 Å². The van der Waals surface area contributed by atoms with Crippen molar-refractivity contribution in [1.82, 2.24) is 0 Å². The minimum atomic E-state index is -3.18. The zero-order valence-corrected chi connectivity index (χ0v) is 13.8. The van der Waals surface area contributed by atoms with E-state index in [0.717, 1.165) is 11.3 Å². The van der Waals surface area contributed by atoms with E-state index in [4.69, 9.17) is 14.8 Å². The number of benzene rings is 1. The third-order valence-corrected chi connectivity index (χ3v) is 5.88. The fourth-order valence-electron chi connectivity index (χ4n) is 2.81. The van der Waals surface area contributed by atoms with Crippen LogP contribution in [0.5, 0.6) is 0 Å². The number of para-hydroxylation sites is 1. The summed E-state index contributed by atoms with van der Waals surface area (Å²) in [6.07, 6.45) is 0.730. The summed E-state index contributed by atoms with van der Waals surface area (Å²) in [7, 11) is -3.18. The standard InChI is InChI=1S/C15H23N2O4P/c1-3-20-22(19,21-4-2)10-11-9-14(15(16)18)17-13-8-6-5-7-12(11)13/h5-8,11,14,17H,3-4,9-10H2,1-2H3,(H2,16,18)/t11-,14+/m0/s1. The lowest BCUT2D eigenvalue weighted by Crippen LogP contribution is -2.40. The molecule has 0 radical (unpaired) electrons. The van der Waals surface area contributed by atoms with Crippen molar-refractivity contribution in [2.75, 3.05) is 24.7 Å². The highest BCUT2D eigenvalue weighted by Crippen LogP contribution is 2.53. The molecule has 2 rings (SSSR count). The van der Waals surface area contributed by atoms with Crippen LogP contribution in [0.4, 0.5) is 5.69 Å². The summed E-state index contributed by atoms with van der Waals surface area (Å²) in [6.45, 7) is 4.22. The minimum absolute atomic E-state index is 0.0983. The molecule has 1 aliphatic rings. The summed E-state index contributed by atoms with van der Waals surface area (Å²) in [5, 5.41) is 3.13. The molecular formula is C15H23N2O4P. The topological polar surface area (TPSA) is 90.7 Å². The van der Waals surface area contributed by atoms with Crippen molar-refractivity contribution in [2.45, 2.75) is 32.2 Å². The van der Waals surface area contributed by atoms with E-state index in [-0.39, 0.29) is 12.1 Å². The first-order valence-electron chi connectivity index (χ1n) is 7.52. The normalized spacial score (nSPS) is 21.0. The Balaban J connectivity index is 2.28. The van der Waals surface area contributed by atoms with Crippen molar-refractivity contribution in [3.8, 4) is 0 Å². The quantitative estimate of drug-likeness (QED) is 0.752. The smallest absolute Gasteiger partial charge is 0.331 e. The number of fused-ring (bicyclic) bond motifs is 1. The van der Waals surface area contributed by atoms with Crippen LogP contribution >= 0.6 is 7.60 Å². The van der Waals surface area contributed by atoms with Gasteiger partial charge in [0, 0.05) is 5.69 Å². The maximum absolute atomic E-state index is 12.8. The number of primary amides is 1. The summed E-state index contributed by atoms with van der Waals surface area (Å²) in [5.74, 6) is -0.513. The van der Waals surface area contributed by atoms with Crippen LogP contribution in [0, 0.1) is 0 Å². The Morgan fingerprint density at radius 2 is 1.95 bits per heavy atom. The highest BCUT2D eigenvalue weighted by Gasteiger charge is 2.35. The first kappa shape index (κ1) is 17.0. The van der Waals surface area contributed by atoms with Gasteiger partial charge in [0.2, 0.25) is 5.91 Å². The molecule has 0 bridgehead atoms. The van der Waals surface area contributed by atoms with Gasteiger partial charge >= 0.3 is 7.60 Å². The molecule has 1 aromatic rings. The second kappa shape index (κ2) is 7.27. The van der Waals surface area contributed by atoms with Crippen LogP contribution < -0.4 is 11.1 Å². The van der Waals surface area contributed by atoms with Gasteiger partial charge < -0.3 is 20.1 Å². The maximum Gasteiger partial charge on any atom is 0.331 e. The van der Waals surface area contributed by atoms with E-state index in [2.05, 4.69) is 5.32 Å². The minimum Gasteiger partial charge on any atom is -0.373 e. The monoisotopic (exact) mass is 326 g/mol. The van der Waals surface area contributed by atoms with E-state index < -0.39 is 19.5 Å². The van der Waals surface area contributed by atoms with Crippen molar-refractivity contribution in [3.05, 3.63) is 29.8 Å². The largest absolute Gasteiger partial charge is 0.373 e. The number of carbonyl (C=O) groups excluding carboxylic acids is 1. The molecule has 1 aromatic carbocycles. The van der Waals surface area contributed by atoms with Crippen molar-refractivity contribution < 1.29 is 18.4 Å². The van der Waals surface area contributed by atoms with Gasteiger partial charge in [-0.05, 0) is 37.8 Å². The van der Waals surface area contributed by atoms with Gasteiger partial charge in [0.25, 0.3) is 0 Å². The summed E-state index contributed by atoms with van der Waals surface area (Å²) in [5.41, 5.74) is 7.30. The van der Waals surface area contributed by atoms with Crippen molar-refractivity contribution in [1.29, 1.82) is 0 Å². The summed E-state index contributed by atoms with van der Waals surface area (Å²) < 4.78 is 23.5. The molecule has 0 spiro atoms. The predicted molar refractivity (Wildman–Crippen MR) is 86.1 cm³/mol. The van der Waals surface area contributed by atoms with Gasteiger partial charge in [0.05, 0.1) is 19.4 Å². The van der Waals surface area contributed by atoms with E-state index in [9.17, 15) is 9.36 Å². The van der Waals surface area contributed by atoms with Crippen LogP contribution in [0.25, 0.3) is 0 Å². The van der Waals surface area contributed by atoms with Crippen LogP contribution in [0.2, 0.25) is 0 Å². The molecule has 0 unspecified atom stereocenters. The summed E-state index contributed by atoms with van der Waals surface area (Å²) in [6, 6.07) is 7.19. The number of rotatable bonds is 7. The van der Waals surface area contributed by atoms with Crippen LogP contribution in [0.15, 0.2) is 24.3 Å². The molecule has 1 aliphatic heterocycles. The van der Waals surface area contributed by atoms with Gasteiger partial charge in [-0.2, -0.15) is 0 Å². The summed E-state index contributed by atoms with van der Waals surface area (Å²) in [4.78, 5) is 11.6. The van der Waals surface area contributed by atoms with E-state index >= 15 is 0 Å². The lowest BCUT2D eigenvalue weighted by Gasteiger charge is -2.33. The number of anilines is 1. The van der Waals surface area contributed by atoms with Gasteiger partial charge in [0.15, 0.2) is 0 Å². The fourth-order valence-corrected chi connectivity index (χ4v) is 4.77. The molecule has 1 amide bonds. The van der Waals surface area contributed by atoms with Crippen molar-refractivity contribution in [2.24, 2.45) is 5.73 Å². The number of nitrogens with two attached hydrogens (primary N) is 1. The Kier molecular flexibility index (Phi) is 5.62. The molecule has 1 heterocycles. The Morgan fingerprint density at radius 3 is 2.55 bits per heavy atom. The van der Waals surface area contributed by atoms with Gasteiger partial charge in [-0.25, -0.2) is 0 Å². The molecule has 0 aliphatic carbocycles. The number of amides is 1. The molecule has 0 fully saturated rings. The molecule has 2 atom stereocenters. The SMILES string of the molecule is CCOP(=O)(C[C@@H]1C[C@H](C(N)=O)Nc2ccccc21)OCC. The molecule has 122 valence electrons. The van der Waals surface area contributed by atoms with Crippen LogP contribution in [-0.2, 0) is 18.4 Å². The molecule has 7 heteroatoms. The Bertz CT molecular complexity index is 568. The molecular weight excluding hydrogens is 303 g/mol. The zero-order valence-electron chi connectivity index (χ0n) is 13.0. The molecule has 0 aromatic heterocycles. The predicted octanol–water partition coefficient (Wildman–Crippen LogP) is 2.71. The Hall–Kier alpha value is -1.36. The van der Waals surface area contributed by atoms with Gasteiger partial charge in [-0.1, -0.05) is 18.2 Å². The number of hydrogen-bond acceptors (Lipinski definition) is 5. The number of hydrogen-bond donors (Lipinski definition) is 2.